The molecule has 18 heavy (non-hydrogen) atoms. The molecule has 0 spiro atoms. The van der Waals surface area contributed by atoms with Crippen molar-refractivity contribution in [1.82, 2.24) is 5.32 Å². The average molecular weight is 279 g/mol. The maximum absolute atomic E-state index is 12.8. The van der Waals surface area contributed by atoms with E-state index in [-0.39, 0.29) is 22.9 Å². The molecule has 0 saturated carbocycles. The molecule has 1 aliphatic rings. The first kappa shape index (κ1) is 13.2. The molecule has 0 fully saturated rings. The third kappa shape index (κ3) is 2.30. The summed E-state index contributed by atoms with van der Waals surface area (Å²) in [5, 5.41) is 4.70. The fraction of sp³-hybridized carbons (Fsp3) is 0.364. The molecule has 2 N–H and O–H groups in total. The Morgan fingerprint density at radius 3 is 2.67 bits per heavy atom. The number of halogens is 4. The molecule has 1 aliphatic heterocycles. The Morgan fingerprint density at radius 1 is 1.44 bits per heavy atom. The number of alkyl halides is 3. The van der Waals surface area contributed by atoms with E-state index in [2.05, 4.69) is 10.6 Å². The van der Waals surface area contributed by atoms with Gasteiger partial charge in [0, 0.05) is 10.7 Å². The fourth-order valence-electron chi connectivity index (χ4n) is 1.98. The highest BCUT2D eigenvalue weighted by Crippen LogP contribution is 2.39. The standard InChI is InChI=1S/C11H10ClF3N2O/c1-16-10(11(13,14)15)6-2-5-3-9(18)17-8(5)4-7(6)12/h2,4,10,16H,3H2,1H3,(H,17,18). The smallest absolute Gasteiger partial charge is 0.325 e. The number of hydrogen-bond donors (Lipinski definition) is 2. The highest BCUT2D eigenvalue weighted by molar-refractivity contribution is 6.32. The van der Waals surface area contributed by atoms with Crippen LogP contribution in [0.25, 0.3) is 0 Å². The monoisotopic (exact) mass is 278 g/mol. The van der Waals surface area contributed by atoms with Crippen LogP contribution < -0.4 is 10.6 Å². The molecule has 2 rings (SSSR count). The summed E-state index contributed by atoms with van der Waals surface area (Å²) in [5.41, 5.74) is 0.941. The second kappa shape index (κ2) is 4.44. The first-order chi connectivity index (χ1) is 8.32. The molecule has 7 heteroatoms. The molecular weight excluding hydrogens is 269 g/mol. The van der Waals surface area contributed by atoms with Crippen LogP contribution >= 0.6 is 11.6 Å². The number of nitrogens with one attached hydrogen (secondary N) is 2. The summed E-state index contributed by atoms with van der Waals surface area (Å²) < 4.78 is 38.4. The van der Waals surface area contributed by atoms with Crippen LogP contribution in [0.5, 0.6) is 0 Å². The lowest BCUT2D eigenvalue weighted by Crippen LogP contribution is -2.31. The molecule has 1 aromatic rings. The van der Waals surface area contributed by atoms with E-state index in [0.29, 0.717) is 11.3 Å². The van der Waals surface area contributed by atoms with Crippen molar-refractivity contribution in [3.05, 3.63) is 28.3 Å². The van der Waals surface area contributed by atoms with Crippen LogP contribution in [0.2, 0.25) is 5.02 Å². The van der Waals surface area contributed by atoms with Gasteiger partial charge < -0.3 is 10.6 Å². The molecule has 0 radical (unpaired) electrons. The molecule has 3 nitrogen and oxygen atoms in total. The van der Waals surface area contributed by atoms with Crippen LogP contribution in [-0.2, 0) is 11.2 Å². The summed E-state index contributed by atoms with van der Waals surface area (Å²) in [7, 11) is 1.21. The Morgan fingerprint density at radius 2 is 2.11 bits per heavy atom. The van der Waals surface area contributed by atoms with E-state index < -0.39 is 12.2 Å². The molecular formula is C11H10ClF3N2O. The molecule has 1 aromatic carbocycles. The summed E-state index contributed by atoms with van der Waals surface area (Å²) in [6, 6.07) is 0.836. The minimum absolute atomic E-state index is 0.0207. The molecule has 1 heterocycles. The summed E-state index contributed by atoms with van der Waals surface area (Å²) in [6.07, 6.45) is -4.36. The Balaban J connectivity index is 2.46. The van der Waals surface area contributed by atoms with Gasteiger partial charge in [0.1, 0.15) is 6.04 Å². The quantitative estimate of drug-likeness (QED) is 0.873. The van der Waals surface area contributed by atoms with Crippen molar-refractivity contribution in [3.8, 4) is 0 Å². The van der Waals surface area contributed by atoms with Crippen LogP contribution in [0.4, 0.5) is 18.9 Å². The van der Waals surface area contributed by atoms with Gasteiger partial charge in [-0.3, -0.25) is 4.79 Å². The maximum Gasteiger partial charge on any atom is 0.407 e. The third-order valence-corrected chi connectivity index (χ3v) is 3.10. The lowest BCUT2D eigenvalue weighted by atomic mass is 10.0. The van der Waals surface area contributed by atoms with Crippen LogP contribution in [-0.4, -0.2) is 19.1 Å². The average Bonchev–Trinajstić information content (AvgIpc) is 2.56. The van der Waals surface area contributed by atoms with Crippen molar-refractivity contribution in [2.24, 2.45) is 0 Å². The van der Waals surface area contributed by atoms with Gasteiger partial charge in [-0.05, 0) is 30.3 Å². The number of carbonyl (C=O) groups excluding carboxylic acids is 1. The maximum atomic E-state index is 12.8. The molecule has 1 unspecified atom stereocenters. The Bertz CT molecular complexity index is 502. The van der Waals surface area contributed by atoms with Gasteiger partial charge in [-0.2, -0.15) is 13.2 Å². The minimum Gasteiger partial charge on any atom is -0.325 e. The van der Waals surface area contributed by atoms with Gasteiger partial charge in [0.2, 0.25) is 5.91 Å². The molecule has 1 amide bonds. The van der Waals surface area contributed by atoms with E-state index >= 15 is 0 Å². The van der Waals surface area contributed by atoms with Crippen molar-refractivity contribution >= 4 is 23.2 Å². The zero-order valence-electron chi connectivity index (χ0n) is 9.36. The molecule has 0 aliphatic carbocycles. The normalized spacial score (nSPS) is 16.4. The van der Waals surface area contributed by atoms with Gasteiger partial charge in [-0.15, -0.1) is 0 Å². The Labute approximate surface area is 106 Å². The van der Waals surface area contributed by atoms with Gasteiger partial charge >= 0.3 is 6.18 Å². The number of carbonyl (C=O) groups is 1. The molecule has 0 saturated heterocycles. The SMILES string of the molecule is CNC(c1cc2c(cc1Cl)NC(=O)C2)C(F)(F)F. The van der Waals surface area contributed by atoms with Gasteiger partial charge in [0.25, 0.3) is 0 Å². The number of anilines is 1. The molecule has 98 valence electrons. The predicted octanol–water partition coefficient (Wildman–Crippen LogP) is 2.66. The van der Waals surface area contributed by atoms with Crippen LogP contribution in [0, 0.1) is 0 Å². The number of amides is 1. The van der Waals surface area contributed by atoms with E-state index in [4.69, 9.17) is 11.6 Å². The molecule has 1 atom stereocenters. The van der Waals surface area contributed by atoms with Crippen molar-refractivity contribution in [2.45, 2.75) is 18.6 Å². The minimum atomic E-state index is -4.44. The van der Waals surface area contributed by atoms with Crippen molar-refractivity contribution in [1.29, 1.82) is 0 Å². The van der Waals surface area contributed by atoms with E-state index in [0.717, 1.165) is 0 Å². The summed E-state index contributed by atoms with van der Waals surface area (Å²) in [4.78, 5) is 11.2. The third-order valence-electron chi connectivity index (χ3n) is 2.77. The Hall–Kier alpha value is -1.27. The van der Waals surface area contributed by atoms with Crippen LogP contribution in [0.3, 0.4) is 0 Å². The Kier molecular flexibility index (Phi) is 3.25. The summed E-state index contributed by atoms with van der Waals surface area (Å²) >= 11 is 5.84. The number of hydrogen-bond acceptors (Lipinski definition) is 2. The van der Waals surface area contributed by atoms with Crippen molar-refractivity contribution in [3.63, 3.8) is 0 Å². The van der Waals surface area contributed by atoms with Crippen LogP contribution in [0.1, 0.15) is 17.2 Å². The molecule has 0 bridgehead atoms. The second-order valence-electron chi connectivity index (χ2n) is 4.02. The van der Waals surface area contributed by atoms with Crippen LogP contribution in [0.15, 0.2) is 12.1 Å². The number of rotatable bonds is 2. The van der Waals surface area contributed by atoms with E-state index in [9.17, 15) is 18.0 Å². The zero-order valence-corrected chi connectivity index (χ0v) is 10.1. The van der Waals surface area contributed by atoms with Gasteiger partial charge in [0.05, 0.1) is 6.42 Å². The summed E-state index contributed by atoms with van der Waals surface area (Å²) in [6.45, 7) is 0. The predicted molar refractivity (Wildman–Crippen MR) is 61.6 cm³/mol. The number of benzene rings is 1. The number of fused-ring (bicyclic) bond motifs is 1. The van der Waals surface area contributed by atoms with Gasteiger partial charge in [-0.1, -0.05) is 11.6 Å². The van der Waals surface area contributed by atoms with Crippen molar-refractivity contribution < 1.29 is 18.0 Å². The topological polar surface area (TPSA) is 41.1 Å². The lowest BCUT2D eigenvalue weighted by Gasteiger charge is -2.21. The van der Waals surface area contributed by atoms with E-state index in [1.165, 1.54) is 19.2 Å². The first-order valence-electron chi connectivity index (χ1n) is 5.19. The summed E-state index contributed by atoms with van der Waals surface area (Å²) in [5.74, 6) is -0.244. The van der Waals surface area contributed by atoms with Crippen molar-refractivity contribution in [2.75, 3.05) is 12.4 Å². The first-order valence-corrected chi connectivity index (χ1v) is 5.57. The highest BCUT2D eigenvalue weighted by Gasteiger charge is 2.41. The van der Waals surface area contributed by atoms with Gasteiger partial charge in [-0.25, -0.2) is 0 Å². The second-order valence-corrected chi connectivity index (χ2v) is 4.43. The highest BCUT2D eigenvalue weighted by atomic mass is 35.5. The van der Waals surface area contributed by atoms with Gasteiger partial charge in [0.15, 0.2) is 0 Å². The van der Waals surface area contributed by atoms with E-state index in [1.807, 2.05) is 0 Å². The largest absolute Gasteiger partial charge is 0.407 e. The molecule has 0 aromatic heterocycles. The zero-order chi connectivity index (χ0) is 13.5. The fourth-order valence-corrected chi connectivity index (χ4v) is 2.26. The lowest BCUT2D eigenvalue weighted by molar-refractivity contribution is -0.156. The van der Waals surface area contributed by atoms with E-state index in [1.54, 1.807) is 0 Å².